The first-order valence-corrected chi connectivity index (χ1v) is 7.74. The molecule has 0 aliphatic rings. The van der Waals surface area contributed by atoms with Crippen LogP contribution in [0.4, 0.5) is 0 Å². The summed E-state index contributed by atoms with van der Waals surface area (Å²) in [5.41, 5.74) is 0.953. The third-order valence-electron chi connectivity index (χ3n) is 2.42. The minimum absolute atomic E-state index is 0.0443. The minimum atomic E-state index is -3.27. The molecule has 1 N–H and O–H groups in total. The van der Waals surface area contributed by atoms with E-state index in [9.17, 15) is 8.42 Å². The van der Waals surface area contributed by atoms with Gasteiger partial charge in [0, 0.05) is 11.9 Å². The van der Waals surface area contributed by atoms with Crippen LogP contribution in [0.5, 0.6) is 0 Å². The van der Waals surface area contributed by atoms with Gasteiger partial charge in [-0.25, -0.2) is 13.1 Å². The molecule has 1 unspecified atom stereocenters. The second-order valence-corrected chi connectivity index (χ2v) is 6.40. The summed E-state index contributed by atoms with van der Waals surface area (Å²) in [6.07, 6.45) is 0. The van der Waals surface area contributed by atoms with Crippen LogP contribution in [0.2, 0.25) is 0 Å². The maximum absolute atomic E-state index is 11.8. The van der Waals surface area contributed by atoms with Crippen molar-refractivity contribution in [2.24, 2.45) is 5.92 Å². The van der Waals surface area contributed by atoms with Gasteiger partial charge < -0.3 is 0 Å². The van der Waals surface area contributed by atoms with E-state index in [0.717, 1.165) is 5.56 Å². The average Bonchev–Trinajstić information content (AvgIpc) is 2.28. The van der Waals surface area contributed by atoms with E-state index in [1.165, 1.54) is 0 Å². The van der Waals surface area contributed by atoms with Crippen LogP contribution in [-0.4, -0.2) is 20.1 Å². The van der Waals surface area contributed by atoms with Crippen LogP contribution in [-0.2, 0) is 10.0 Å². The number of rotatable bonds is 6. The van der Waals surface area contributed by atoms with Crippen LogP contribution in [0.25, 0.3) is 0 Å². The van der Waals surface area contributed by atoms with Gasteiger partial charge in [0.05, 0.1) is 5.75 Å². The first kappa shape index (κ1) is 14.5. The highest BCUT2D eigenvalue weighted by Gasteiger charge is 2.18. The van der Waals surface area contributed by atoms with Crippen molar-refractivity contribution in [3.8, 4) is 0 Å². The number of nitrogens with one attached hydrogen (secondary N) is 1. The Bertz CT molecular complexity index is 433. The fourth-order valence-electron chi connectivity index (χ4n) is 1.55. The van der Waals surface area contributed by atoms with Gasteiger partial charge >= 0.3 is 0 Å². The van der Waals surface area contributed by atoms with Crippen LogP contribution in [0.1, 0.15) is 25.5 Å². The number of alkyl halides is 1. The normalized spacial score (nSPS) is 15.5. The molecule has 3 nitrogen and oxygen atoms in total. The predicted octanol–water partition coefficient (Wildman–Crippen LogP) is 2.54. The molecule has 5 heteroatoms. The highest BCUT2D eigenvalue weighted by molar-refractivity contribution is 7.89. The Morgan fingerprint density at radius 2 is 1.82 bits per heavy atom. The SMILES string of the molecule is CC(CCl)CS(=O)(=O)N[C@@H](C)c1ccccc1. The summed E-state index contributed by atoms with van der Waals surface area (Å²) in [5, 5.41) is 0. The smallest absolute Gasteiger partial charge is 0.212 e. The molecule has 0 radical (unpaired) electrons. The Morgan fingerprint density at radius 1 is 1.24 bits per heavy atom. The molecule has 0 aromatic heterocycles. The van der Waals surface area contributed by atoms with Gasteiger partial charge in [-0.15, -0.1) is 11.6 Å². The molecule has 0 aliphatic heterocycles. The fraction of sp³-hybridized carbons (Fsp3) is 0.500. The Kier molecular flexibility index (Phi) is 5.43. The van der Waals surface area contributed by atoms with Gasteiger partial charge in [0.1, 0.15) is 0 Å². The van der Waals surface area contributed by atoms with E-state index < -0.39 is 10.0 Å². The van der Waals surface area contributed by atoms with Crippen LogP contribution in [0.15, 0.2) is 30.3 Å². The van der Waals surface area contributed by atoms with E-state index in [4.69, 9.17) is 11.6 Å². The summed E-state index contributed by atoms with van der Waals surface area (Å²) in [7, 11) is -3.27. The molecular formula is C12H18ClNO2S. The molecule has 96 valence electrons. The minimum Gasteiger partial charge on any atom is -0.212 e. The summed E-state index contributed by atoms with van der Waals surface area (Å²) in [6, 6.07) is 9.27. The van der Waals surface area contributed by atoms with Crippen LogP contribution < -0.4 is 4.72 Å². The second-order valence-electron chi connectivity index (χ2n) is 4.29. The zero-order valence-electron chi connectivity index (χ0n) is 10.1. The predicted molar refractivity (Wildman–Crippen MR) is 71.7 cm³/mol. The van der Waals surface area contributed by atoms with Crippen molar-refractivity contribution in [2.45, 2.75) is 19.9 Å². The molecule has 0 saturated carbocycles. The average molecular weight is 276 g/mol. The standard InChI is InChI=1S/C12H18ClNO2S/c1-10(8-13)9-17(15,16)14-11(2)12-6-4-3-5-7-12/h3-7,10-11,14H,8-9H2,1-2H3/t10?,11-/m0/s1. The Labute approximate surface area is 108 Å². The van der Waals surface area contributed by atoms with Gasteiger partial charge in [0.15, 0.2) is 0 Å². The highest BCUT2D eigenvalue weighted by atomic mass is 35.5. The summed E-state index contributed by atoms with van der Waals surface area (Å²) in [6.45, 7) is 3.65. The Balaban J connectivity index is 2.65. The van der Waals surface area contributed by atoms with Crippen molar-refractivity contribution in [3.05, 3.63) is 35.9 Å². The second kappa shape index (κ2) is 6.38. The third-order valence-corrected chi connectivity index (χ3v) is 4.67. The molecule has 17 heavy (non-hydrogen) atoms. The first-order chi connectivity index (χ1) is 7.94. The van der Waals surface area contributed by atoms with E-state index in [-0.39, 0.29) is 17.7 Å². The van der Waals surface area contributed by atoms with Gasteiger partial charge in [-0.05, 0) is 18.4 Å². The van der Waals surface area contributed by atoms with Gasteiger partial charge in [0.25, 0.3) is 0 Å². The number of sulfonamides is 1. The summed E-state index contributed by atoms with van der Waals surface area (Å²) >= 11 is 5.62. The lowest BCUT2D eigenvalue weighted by atomic mass is 10.1. The molecule has 1 aromatic carbocycles. The van der Waals surface area contributed by atoms with Crippen LogP contribution >= 0.6 is 11.6 Å². The molecule has 0 aliphatic carbocycles. The molecule has 0 bridgehead atoms. The topological polar surface area (TPSA) is 46.2 Å². The monoisotopic (exact) mass is 275 g/mol. The summed E-state index contributed by atoms with van der Waals surface area (Å²) in [4.78, 5) is 0. The first-order valence-electron chi connectivity index (χ1n) is 5.55. The molecule has 0 amide bonds. The van der Waals surface area contributed by atoms with Crippen molar-refractivity contribution >= 4 is 21.6 Å². The van der Waals surface area contributed by atoms with Crippen molar-refractivity contribution in [1.29, 1.82) is 0 Å². The summed E-state index contributed by atoms with van der Waals surface area (Å²) < 4.78 is 26.3. The quantitative estimate of drug-likeness (QED) is 0.811. The maximum Gasteiger partial charge on any atom is 0.212 e. The zero-order chi connectivity index (χ0) is 12.9. The molecule has 0 heterocycles. The zero-order valence-corrected chi connectivity index (χ0v) is 11.6. The molecule has 1 aromatic rings. The van der Waals surface area contributed by atoms with E-state index in [1.54, 1.807) is 0 Å². The number of hydrogen-bond acceptors (Lipinski definition) is 2. The number of hydrogen-bond donors (Lipinski definition) is 1. The molecule has 0 spiro atoms. The molecule has 0 saturated heterocycles. The maximum atomic E-state index is 11.8. The number of benzene rings is 1. The van der Waals surface area contributed by atoms with Crippen molar-refractivity contribution in [3.63, 3.8) is 0 Å². The van der Waals surface area contributed by atoms with Crippen molar-refractivity contribution in [1.82, 2.24) is 4.72 Å². The van der Waals surface area contributed by atoms with Gasteiger partial charge in [-0.1, -0.05) is 37.3 Å². The van der Waals surface area contributed by atoms with Gasteiger partial charge in [-0.2, -0.15) is 0 Å². The highest BCUT2D eigenvalue weighted by Crippen LogP contribution is 2.13. The summed E-state index contributed by atoms with van der Waals surface area (Å²) in [5.74, 6) is 0.367. The fourth-order valence-corrected chi connectivity index (χ4v) is 3.42. The lowest BCUT2D eigenvalue weighted by molar-refractivity contribution is 0.555. The molecule has 1 rings (SSSR count). The molecule has 2 atom stereocenters. The Morgan fingerprint density at radius 3 is 2.35 bits per heavy atom. The Hall–Kier alpha value is -0.580. The van der Waals surface area contributed by atoms with E-state index >= 15 is 0 Å². The van der Waals surface area contributed by atoms with Crippen LogP contribution in [0, 0.1) is 5.92 Å². The number of halogens is 1. The van der Waals surface area contributed by atoms with Crippen LogP contribution in [0.3, 0.4) is 0 Å². The van der Waals surface area contributed by atoms with E-state index in [1.807, 2.05) is 44.2 Å². The van der Waals surface area contributed by atoms with Crippen molar-refractivity contribution < 1.29 is 8.42 Å². The van der Waals surface area contributed by atoms with Gasteiger partial charge in [0.2, 0.25) is 10.0 Å². The van der Waals surface area contributed by atoms with E-state index in [2.05, 4.69) is 4.72 Å². The molecule has 0 fully saturated rings. The molecular weight excluding hydrogens is 258 g/mol. The van der Waals surface area contributed by atoms with Crippen molar-refractivity contribution in [2.75, 3.05) is 11.6 Å². The third kappa shape index (κ3) is 5.06. The van der Waals surface area contributed by atoms with E-state index in [0.29, 0.717) is 5.88 Å². The van der Waals surface area contributed by atoms with Gasteiger partial charge in [-0.3, -0.25) is 0 Å². The largest absolute Gasteiger partial charge is 0.212 e. The lowest BCUT2D eigenvalue weighted by Gasteiger charge is -2.16. The lowest BCUT2D eigenvalue weighted by Crippen LogP contribution is -2.31.